The highest BCUT2D eigenvalue weighted by Crippen LogP contribution is 2.24. The second-order valence-electron chi connectivity index (χ2n) is 9.79. The molecule has 1 amide bonds. The predicted octanol–water partition coefficient (Wildman–Crippen LogP) is 2.55. The fourth-order valence-electron chi connectivity index (χ4n) is 2.80. The highest BCUT2D eigenvalue weighted by Gasteiger charge is 2.35. The third-order valence-corrected chi connectivity index (χ3v) is 5.34. The number of nitrogens with zero attached hydrogens (tertiary/aromatic N) is 2. The molecular formula is C22H36BN2O4. The van der Waals surface area contributed by atoms with E-state index in [1.807, 2.05) is 46.8 Å². The molecule has 0 bridgehead atoms. The Hall–Kier alpha value is -1.57. The molecule has 0 aliphatic carbocycles. The fraction of sp³-hybridized carbons (Fsp3) is 0.682. The zero-order chi connectivity index (χ0) is 21.9. The van der Waals surface area contributed by atoms with E-state index in [4.69, 9.17) is 9.39 Å². The molecule has 0 aromatic heterocycles. The van der Waals surface area contributed by atoms with Gasteiger partial charge in [-0.15, -0.1) is 0 Å². The Balaban J connectivity index is 1.86. The Kier molecular flexibility index (Phi) is 7.41. The fourth-order valence-corrected chi connectivity index (χ4v) is 2.80. The lowest BCUT2D eigenvalue weighted by Crippen LogP contribution is -2.49. The van der Waals surface area contributed by atoms with Crippen LogP contribution >= 0.6 is 0 Å². The molecule has 1 radical (unpaired) electrons. The van der Waals surface area contributed by atoms with E-state index >= 15 is 0 Å². The van der Waals surface area contributed by atoms with Crippen molar-refractivity contribution in [1.29, 1.82) is 0 Å². The van der Waals surface area contributed by atoms with Crippen LogP contribution in [0.1, 0.15) is 54.0 Å². The van der Waals surface area contributed by atoms with Crippen molar-refractivity contribution >= 4 is 19.0 Å². The number of hydrogen-bond donors (Lipinski definition) is 1. The molecular weight excluding hydrogens is 367 g/mol. The van der Waals surface area contributed by atoms with E-state index in [9.17, 15) is 9.90 Å². The number of rotatable bonds is 6. The quantitative estimate of drug-likeness (QED) is 0.740. The first-order valence-corrected chi connectivity index (χ1v) is 10.3. The topological polar surface area (TPSA) is 62.2 Å². The van der Waals surface area contributed by atoms with Crippen LogP contribution in [-0.4, -0.2) is 71.5 Å². The van der Waals surface area contributed by atoms with Crippen LogP contribution in [0.15, 0.2) is 24.3 Å². The standard InChI is InChI=1S/C22H36BN2O4/c1-20(2,3)28-19(26)25-13-11-24(12-14-25)16-17-9-8-10-18(15-17)23-29-22(6,7)21(4,5)27/h8-10,15,27H,11-14,16H2,1-7H3. The van der Waals surface area contributed by atoms with Gasteiger partial charge >= 0.3 is 13.6 Å². The van der Waals surface area contributed by atoms with Gasteiger partial charge in [-0.05, 0) is 54.0 Å². The van der Waals surface area contributed by atoms with Crippen LogP contribution in [0.4, 0.5) is 4.79 Å². The van der Waals surface area contributed by atoms with E-state index in [-0.39, 0.29) is 6.09 Å². The van der Waals surface area contributed by atoms with Crippen LogP contribution in [-0.2, 0) is 15.9 Å². The summed E-state index contributed by atoms with van der Waals surface area (Å²) in [5.41, 5.74) is 0.0458. The van der Waals surface area contributed by atoms with Gasteiger partial charge in [-0.2, -0.15) is 0 Å². The number of carbonyl (C=O) groups is 1. The van der Waals surface area contributed by atoms with Crippen molar-refractivity contribution in [1.82, 2.24) is 9.80 Å². The van der Waals surface area contributed by atoms with Crippen LogP contribution in [0.2, 0.25) is 0 Å². The van der Waals surface area contributed by atoms with Crippen LogP contribution in [0.5, 0.6) is 0 Å². The largest absolute Gasteiger partial charge is 0.444 e. The van der Waals surface area contributed by atoms with Gasteiger partial charge in [-0.1, -0.05) is 29.7 Å². The van der Waals surface area contributed by atoms with E-state index < -0.39 is 16.8 Å². The van der Waals surface area contributed by atoms with Gasteiger partial charge in [0, 0.05) is 32.7 Å². The van der Waals surface area contributed by atoms with Gasteiger partial charge in [0.1, 0.15) is 5.60 Å². The maximum Gasteiger partial charge on any atom is 0.410 e. The predicted molar refractivity (Wildman–Crippen MR) is 116 cm³/mol. The maximum absolute atomic E-state index is 12.2. The highest BCUT2D eigenvalue weighted by molar-refractivity contribution is 6.47. The van der Waals surface area contributed by atoms with Crippen LogP contribution in [0.3, 0.4) is 0 Å². The average Bonchev–Trinajstić information content (AvgIpc) is 2.58. The average molecular weight is 403 g/mol. The normalized spacial score (nSPS) is 16.6. The Morgan fingerprint density at radius 2 is 1.69 bits per heavy atom. The summed E-state index contributed by atoms with van der Waals surface area (Å²) >= 11 is 0. The third kappa shape index (κ3) is 7.32. The van der Waals surface area contributed by atoms with Crippen molar-refractivity contribution < 1.29 is 19.3 Å². The van der Waals surface area contributed by atoms with E-state index in [1.54, 1.807) is 26.2 Å². The van der Waals surface area contributed by atoms with Crippen molar-refractivity contribution in [2.24, 2.45) is 0 Å². The Labute approximate surface area is 176 Å². The SMILES string of the molecule is CC(C)(C)OC(=O)N1CCN(Cc2cccc([B]OC(C)(C)C(C)(C)O)c2)CC1. The number of ether oxygens (including phenoxy) is 1. The molecule has 0 saturated carbocycles. The van der Waals surface area contributed by atoms with E-state index in [1.165, 1.54) is 5.56 Å². The zero-order valence-corrected chi connectivity index (χ0v) is 19.0. The summed E-state index contributed by atoms with van der Waals surface area (Å²) in [6.45, 7) is 16.7. The summed E-state index contributed by atoms with van der Waals surface area (Å²) in [5.74, 6) is 0. The summed E-state index contributed by atoms with van der Waals surface area (Å²) < 4.78 is 11.3. The molecule has 161 valence electrons. The first kappa shape index (κ1) is 23.7. The number of carbonyl (C=O) groups excluding carboxylic acids is 1. The first-order valence-electron chi connectivity index (χ1n) is 10.3. The van der Waals surface area contributed by atoms with Crippen molar-refractivity contribution in [2.75, 3.05) is 26.2 Å². The number of benzene rings is 1. The summed E-state index contributed by atoms with van der Waals surface area (Å²) in [6.07, 6.45) is -0.236. The molecule has 1 N–H and O–H groups in total. The summed E-state index contributed by atoms with van der Waals surface area (Å²) in [7, 11) is 1.71. The van der Waals surface area contributed by atoms with Crippen LogP contribution in [0, 0.1) is 0 Å². The molecule has 6 nitrogen and oxygen atoms in total. The Morgan fingerprint density at radius 1 is 1.07 bits per heavy atom. The zero-order valence-electron chi connectivity index (χ0n) is 19.0. The van der Waals surface area contributed by atoms with Crippen molar-refractivity contribution in [2.45, 2.75) is 71.8 Å². The second kappa shape index (κ2) is 9.06. The molecule has 1 aliphatic rings. The van der Waals surface area contributed by atoms with Gasteiger partial charge in [0.15, 0.2) is 0 Å². The van der Waals surface area contributed by atoms with Gasteiger partial charge in [0.2, 0.25) is 0 Å². The molecule has 1 saturated heterocycles. The van der Waals surface area contributed by atoms with Gasteiger partial charge in [0.25, 0.3) is 0 Å². The summed E-state index contributed by atoms with van der Waals surface area (Å²) in [4.78, 5) is 16.3. The van der Waals surface area contributed by atoms with Crippen LogP contribution in [0.25, 0.3) is 0 Å². The molecule has 0 spiro atoms. The highest BCUT2D eigenvalue weighted by atomic mass is 16.6. The van der Waals surface area contributed by atoms with Crippen molar-refractivity contribution in [3.05, 3.63) is 29.8 Å². The molecule has 7 heteroatoms. The lowest BCUT2D eigenvalue weighted by Gasteiger charge is -2.37. The number of piperazine rings is 1. The molecule has 1 fully saturated rings. The van der Waals surface area contributed by atoms with E-state index in [0.717, 1.165) is 25.1 Å². The minimum absolute atomic E-state index is 0.236. The summed E-state index contributed by atoms with van der Waals surface area (Å²) in [5, 5.41) is 10.2. The minimum atomic E-state index is -0.949. The smallest absolute Gasteiger partial charge is 0.410 e. The van der Waals surface area contributed by atoms with Crippen molar-refractivity contribution in [3.8, 4) is 0 Å². The number of amides is 1. The monoisotopic (exact) mass is 403 g/mol. The molecule has 0 unspecified atom stereocenters. The Morgan fingerprint density at radius 3 is 2.24 bits per heavy atom. The Bertz CT molecular complexity index is 687. The molecule has 1 aromatic carbocycles. The van der Waals surface area contributed by atoms with E-state index in [0.29, 0.717) is 13.1 Å². The van der Waals surface area contributed by atoms with Gasteiger partial charge in [-0.3, -0.25) is 4.90 Å². The van der Waals surface area contributed by atoms with Gasteiger partial charge < -0.3 is 19.4 Å². The lowest BCUT2D eigenvalue weighted by atomic mass is 9.82. The molecule has 0 atom stereocenters. The second-order valence-corrected chi connectivity index (χ2v) is 9.79. The van der Waals surface area contributed by atoms with E-state index in [2.05, 4.69) is 17.0 Å². The maximum atomic E-state index is 12.2. The molecule has 1 heterocycles. The lowest BCUT2D eigenvalue weighted by molar-refractivity contribution is -0.0893. The molecule has 2 rings (SSSR count). The molecule has 1 aliphatic heterocycles. The number of hydrogen-bond acceptors (Lipinski definition) is 5. The van der Waals surface area contributed by atoms with Crippen LogP contribution < -0.4 is 5.46 Å². The molecule has 29 heavy (non-hydrogen) atoms. The first-order chi connectivity index (χ1) is 13.3. The molecule has 1 aromatic rings. The number of aliphatic hydroxyl groups is 1. The van der Waals surface area contributed by atoms with Gasteiger partial charge in [-0.25, -0.2) is 4.79 Å². The summed E-state index contributed by atoms with van der Waals surface area (Å²) in [6, 6.07) is 8.20. The van der Waals surface area contributed by atoms with Gasteiger partial charge in [0.05, 0.1) is 11.2 Å². The third-order valence-electron chi connectivity index (χ3n) is 5.34. The van der Waals surface area contributed by atoms with Crippen molar-refractivity contribution in [3.63, 3.8) is 0 Å². The minimum Gasteiger partial charge on any atom is -0.444 e.